The fraction of sp³-hybridized carbons (Fsp3) is 0.300. The van der Waals surface area contributed by atoms with Crippen molar-refractivity contribution in [3.05, 3.63) is 38.4 Å². The highest BCUT2D eigenvalue weighted by atomic mass is 79.9. The third kappa shape index (κ3) is 2.55. The Morgan fingerprint density at radius 2 is 2.21 bits per heavy atom. The number of aryl methyl sites for hydroxylation is 1. The first-order chi connectivity index (χ1) is 8.90. The SMILES string of the molecule is Cc1nn(C(=O)Cn2cc([N+](=O)[O-])cn2)c(C)c1Br. The maximum Gasteiger partial charge on any atom is 0.307 e. The topological polar surface area (TPSA) is 95.8 Å². The van der Waals surface area contributed by atoms with Crippen molar-refractivity contribution in [1.82, 2.24) is 19.6 Å². The van der Waals surface area contributed by atoms with Gasteiger partial charge in [0.05, 0.1) is 20.8 Å². The quantitative estimate of drug-likeness (QED) is 0.631. The summed E-state index contributed by atoms with van der Waals surface area (Å²) in [5, 5.41) is 18.4. The standard InChI is InChI=1S/C10H10BrN5O3/c1-6-10(11)7(2)15(13-6)9(17)5-14-4-8(3-12-14)16(18)19/h3-4H,5H2,1-2H3. The maximum absolute atomic E-state index is 12.0. The van der Waals surface area contributed by atoms with E-state index >= 15 is 0 Å². The van der Waals surface area contributed by atoms with Crippen molar-refractivity contribution in [2.24, 2.45) is 0 Å². The number of aromatic nitrogens is 4. The second-order valence-corrected chi connectivity index (χ2v) is 4.74. The first kappa shape index (κ1) is 13.4. The molecule has 0 saturated carbocycles. The molecule has 2 heterocycles. The molecule has 0 atom stereocenters. The van der Waals surface area contributed by atoms with E-state index in [1.54, 1.807) is 13.8 Å². The van der Waals surface area contributed by atoms with E-state index in [0.717, 1.165) is 10.7 Å². The summed E-state index contributed by atoms with van der Waals surface area (Å²) in [4.78, 5) is 22.0. The lowest BCUT2D eigenvalue weighted by Gasteiger charge is -2.02. The van der Waals surface area contributed by atoms with Gasteiger partial charge in [-0.25, -0.2) is 4.68 Å². The minimum Gasteiger partial charge on any atom is -0.270 e. The van der Waals surface area contributed by atoms with Gasteiger partial charge in [-0.1, -0.05) is 0 Å². The highest BCUT2D eigenvalue weighted by molar-refractivity contribution is 9.10. The van der Waals surface area contributed by atoms with Crippen LogP contribution in [0.2, 0.25) is 0 Å². The third-order valence-electron chi connectivity index (χ3n) is 2.57. The largest absolute Gasteiger partial charge is 0.307 e. The Morgan fingerprint density at radius 1 is 1.53 bits per heavy atom. The molecule has 0 aliphatic heterocycles. The molecule has 2 aromatic heterocycles. The molecule has 0 fully saturated rings. The van der Waals surface area contributed by atoms with Crippen LogP contribution in [0.5, 0.6) is 0 Å². The molecule has 100 valence electrons. The molecule has 0 aliphatic rings. The Morgan fingerprint density at radius 3 is 2.68 bits per heavy atom. The lowest BCUT2D eigenvalue weighted by molar-refractivity contribution is -0.385. The highest BCUT2D eigenvalue weighted by Crippen LogP contribution is 2.19. The number of hydrogen-bond acceptors (Lipinski definition) is 5. The van der Waals surface area contributed by atoms with Crippen molar-refractivity contribution in [3.63, 3.8) is 0 Å². The van der Waals surface area contributed by atoms with E-state index in [0.29, 0.717) is 11.4 Å². The lowest BCUT2D eigenvalue weighted by Crippen LogP contribution is -2.20. The lowest BCUT2D eigenvalue weighted by atomic mass is 10.4. The molecule has 19 heavy (non-hydrogen) atoms. The zero-order chi connectivity index (χ0) is 14.2. The predicted molar refractivity (Wildman–Crippen MR) is 68.9 cm³/mol. The first-order valence-corrected chi connectivity index (χ1v) is 6.11. The minimum atomic E-state index is -0.562. The molecule has 0 N–H and O–H groups in total. The molecule has 0 saturated heterocycles. The summed E-state index contributed by atoms with van der Waals surface area (Å²) >= 11 is 3.33. The Labute approximate surface area is 116 Å². The molecule has 0 radical (unpaired) electrons. The Bertz CT molecular complexity index is 660. The van der Waals surface area contributed by atoms with Gasteiger partial charge >= 0.3 is 5.69 Å². The van der Waals surface area contributed by atoms with Crippen molar-refractivity contribution >= 4 is 27.5 Å². The highest BCUT2D eigenvalue weighted by Gasteiger charge is 2.17. The third-order valence-corrected chi connectivity index (χ3v) is 3.71. The Balaban J connectivity index is 2.20. The fourth-order valence-electron chi connectivity index (χ4n) is 1.61. The number of carbonyl (C=O) groups excluding carboxylic acids is 1. The van der Waals surface area contributed by atoms with Crippen molar-refractivity contribution in [2.75, 3.05) is 0 Å². The van der Waals surface area contributed by atoms with E-state index in [1.165, 1.54) is 15.6 Å². The Kier molecular flexibility index (Phi) is 3.47. The van der Waals surface area contributed by atoms with Crippen LogP contribution in [0.1, 0.15) is 16.2 Å². The molecule has 2 aromatic rings. The average molecular weight is 328 g/mol. The predicted octanol–water partition coefficient (Wildman–Crippen LogP) is 1.71. The maximum atomic E-state index is 12.0. The number of rotatable bonds is 3. The van der Waals surface area contributed by atoms with Crippen molar-refractivity contribution in [3.8, 4) is 0 Å². The molecule has 8 nitrogen and oxygen atoms in total. The van der Waals surface area contributed by atoms with Crippen LogP contribution >= 0.6 is 15.9 Å². The van der Waals surface area contributed by atoms with Gasteiger partial charge in [0.15, 0.2) is 0 Å². The molecule has 0 aliphatic carbocycles. The van der Waals surface area contributed by atoms with Gasteiger partial charge in [-0.2, -0.15) is 10.2 Å². The van der Waals surface area contributed by atoms with Gasteiger partial charge in [0.25, 0.3) is 5.91 Å². The molecule has 0 unspecified atom stereocenters. The normalized spacial score (nSPS) is 10.7. The van der Waals surface area contributed by atoms with Gasteiger partial charge in [0.2, 0.25) is 0 Å². The van der Waals surface area contributed by atoms with Gasteiger partial charge in [-0.3, -0.25) is 19.6 Å². The van der Waals surface area contributed by atoms with Crippen molar-refractivity contribution in [1.29, 1.82) is 0 Å². The van der Waals surface area contributed by atoms with Crippen LogP contribution in [0.25, 0.3) is 0 Å². The van der Waals surface area contributed by atoms with Gasteiger partial charge in [-0.05, 0) is 29.8 Å². The Hall–Kier alpha value is -2.03. The van der Waals surface area contributed by atoms with E-state index in [-0.39, 0.29) is 18.1 Å². The second kappa shape index (κ2) is 4.92. The van der Waals surface area contributed by atoms with Crippen LogP contribution in [0.3, 0.4) is 0 Å². The zero-order valence-corrected chi connectivity index (χ0v) is 11.8. The van der Waals surface area contributed by atoms with Crippen molar-refractivity contribution < 1.29 is 9.72 Å². The summed E-state index contributed by atoms with van der Waals surface area (Å²) in [5.41, 5.74) is 1.24. The number of hydrogen-bond donors (Lipinski definition) is 0. The molecular weight excluding hydrogens is 318 g/mol. The summed E-state index contributed by atoms with van der Waals surface area (Å²) < 4.78 is 3.24. The van der Waals surface area contributed by atoms with Crippen LogP contribution in [0.4, 0.5) is 5.69 Å². The molecule has 2 rings (SSSR count). The summed E-state index contributed by atoms with van der Waals surface area (Å²) in [7, 11) is 0. The number of carbonyl (C=O) groups is 1. The molecule has 0 bridgehead atoms. The zero-order valence-electron chi connectivity index (χ0n) is 10.2. The van der Waals surface area contributed by atoms with Gasteiger partial charge in [0.1, 0.15) is 18.9 Å². The van der Waals surface area contributed by atoms with Crippen LogP contribution < -0.4 is 0 Å². The van der Waals surface area contributed by atoms with Crippen LogP contribution in [0.15, 0.2) is 16.9 Å². The molecule has 0 aromatic carbocycles. The summed E-state index contributed by atoms with van der Waals surface area (Å²) in [6.07, 6.45) is 2.31. The van der Waals surface area contributed by atoms with E-state index in [9.17, 15) is 14.9 Å². The van der Waals surface area contributed by atoms with E-state index in [4.69, 9.17) is 0 Å². The van der Waals surface area contributed by atoms with Gasteiger partial charge in [0, 0.05) is 0 Å². The van der Waals surface area contributed by atoms with E-state index < -0.39 is 4.92 Å². The van der Waals surface area contributed by atoms with Crippen LogP contribution in [-0.2, 0) is 6.54 Å². The van der Waals surface area contributed by atoms with Crippen LogP contribution in [0, 0.1) is 24.0 Å². The van der Waals surface area contributed by atoms with Crippen molar-refractivity contribution in [2.45, 2.75) is 20.4 Å². The summed E-state index contributed by atoms with van der Waals surface area (Å²) in [6.45, 7) is 3.43. The van der Waals surface area contributed by atoms with Gasteiger partial charge < -0.3 is 0 Å². The molecule has 0 amide bonds. The average Bonchev–Trinajstić information content (AvgIpc) is 2.90. The number of halogens is 1. The van der Waals surface area contributed by atoms with Gasteiger partial charge in [-0.15, -0.1) is 0 Å². The molecule has 9 heteroatoms. The number of nitro groups is 1. The van der Waals surface area contributed by atoms with E-state index in [2.05, 4.69) is 26.1 Å². The minimum absolute atomic E-state index is 0.109. The first-order valence-electron chi connectivity index (χ1n) is 5.32. The monoisotopic (exact) mass is 327 g/mol. The molecular formula is C10H10BrN5O3. The summed E-state index contributed by atoms with van der Waals surface area (Å²) in [5.74, 6) is -0.315. The number of nitrogens with zero attached hydrogens (tertiary/aromatic N) is 5. The fourth-order valence-corrected chi connectivity index (χ4v) is 1.85. The van der Waals surface area contributed by atoms with Crippen LogP contribution in [-0.4, -0.2) is 30.4 Å². The molecule has 0 spiro atoms. The smallest absolute Gasteiger partial charge is 0.270 e. The van der Waals surface area contributed by atoms with E-state index in [1.807, 2.05) is 0 Å². The second-order valence-electron chi connectivity index (χ2n) is 3.94. The summed E-state index contributed by atoms with van der Waals surface area (Å²) in [6, 6.07) is 0.